The number of aromatic hydroxyl groups is 1. The molecule has 118 valence electrons. The molecule has 0 saturated heterocycles. The minimum Gasteiger partial charge on any atom is -0.508 e. The fourth-order valence-corrected chi connectivity index (χ4v) is 3.85. The monoisotopic (exact) mass is 316 g/mol. The van der Waals surface area contributed by atoms with E-state index < -0.39 is 5.60 Å². The summed E-state index contributed by atoms with van der Waals surface area (Å²) in [6.45, 7) is 2.60. The van der Waals surface area contributed by atoms with Crippen LogP contribution in [0.2, 0.25) is 0 Å². The lowest BCUT2D eigenvalue weighted by Crippen LogP contribution is -2.32. The molecule has 5 rings (SSSR count). The predicted molar refractivity (Wildman–Crippen MR) is 90.5 cm³/mol. The molecule has 3 heteroatoms. The highest BCUT2D eigenvalue weighted by molar-refractivity contribution is 5.64. The minimum atomic E-state index is -0.680. The molecule has 1 spiro atoms. The molecule has 2 aliphatic rings. The van der Waals surface area contributed by atoms with E-state index in [4.69, 9.17) is 9.47 Å². The van der Waals surface area contributed by atoms with Gasteiger partial charge < -0.3 is 14.6 Å². The Kier molecular flexibility index (Phi) is 2.62. The molecule has 1 atom stereocenters. The van der Waals surface area contributed by atoms with Gasteiger partial charge in [-0.15, -0.1) is 0 Å². The number of hydrogen-bond acceptors (Lipinski definition) is 3. The van der Waals surface area contributed by atoms with E-state index in [2.05, 4.69) is 24.3 Å². The quantitative estimate of drug-likeness (QED) is 0.657. The summed E-state index contributed by atoms with van der Waals surface area (Å²) in [6, 6.07) is 19.7. The van der Waals surface area contributed by atoms with Gasteiger partial charge in [-0.05, 0) is 41.8 Å². The fourth-order valence-electron chi connectivity index (χ4n) is 3.85. The van der Waals surface area contributed by atoms with Gasteiger partial charge in [0.1, 0.15) is 17.2 Å². The van der Waals surface area contributed by atoms with Crippen LogP contribution in [0.3, 0.4) is 0 Å². The van der Waals surface area contributed by atoms with Gasteiger partial charge in [-0.3, -0.25) is 0 Å². The molecular formula is C21H16O3. The maximum absolute atomic E-state index is 9.90. The van der Waals surface area contributed by atoms with Crippen molar-refractivity contribution in [1.29, 1.82) is 0 Å². The van der Waals surface area contributed by atoms with Crippen molar-refractivity contribution in [2.75, 3.05) is 0 Å². The van der Waals surface area contributed by atoms with Crippen LogP contribution in [-0.2, 0) is 16.9 Å². The highest BCUT2D eigenvalue weighted by Gasteiger charge is 2.49. The average Bonchev–Trinajstić information content (AvgIpc) is 2.95. The first-order valence-electron chi connectivity index (χ1n) is 8.03. The van der Waals surface area contributed by atoms with Crippen molar-refractivity contribution in [2.24, 2.45) is 0 Å². The van der Waals surface area contributed by atoms with Crippen LogP contribution in [0.25, 0.3) is 0 Å². The second kappa shape index (κ2) is 4.62. The van der Waals surface area contributed by atoms with Gasteiger partial charge in [0.25, 0.3) is 0 Å². The first kappa shape index (κ1) is 13.6. The summed E-state index contributed by atoms with van der Waals surface area (Å²) in [5.74, 6) is 1.61. The molecule has 3 aromatic carbocycles. The molecule has 0 unspecified atom stereocenters. The van der Waals surface area contributed by atoms with Crippen molar-refractivity contribution >= 4 is 0 Å². The molecule has 24 heavy (non-hydrogen) atoms. The molecular weight excluding hydrogens is 300 g/mol. The van der Waals surface area contributed by atoms with Gasteiger partial charge in [0, 0.05) is 17.2 Å². The zero-order valence-electron chi connectivity index (χ0n) is 13.2. The average molecular weight is 316 g/mol. The van der Waals surface area contributed by atoms with Gasteiger partial charge in [-0.25, -0.2) is 0 Å². The van der Waals surface area contributed by atoms with Crippen LogP contribution in [0.15, 0.2) is 60.7 Å². The Morgan fingerprint density at radius 2 is 1.62 bits per heavy atom. The Morgan fingerprint density at radius 1 is 0.875 bits per heavy atom. The third-order valence-corrected chi connectivity index (χ3v) is 4.92. The van der Waals surface area contributed by atoms with E-state index in [0.29, 0.717) is 12.4 Å². The Hall–Kier alpha value is -2.78. The Labute approximate surface area is 140 Å². The number of hydrogen-bond donors (Lipinski definition) is 1. The van der Waals surface area contributed by atoms with Gasteiger partial charge in [0.15, 0.2) is 5.60 Å². The second-order valence-electron chi connectivity index (χ2n) is 6.41. The predicted octanol–water partition coefficient (Wildman–Crippen LogP) is 4.63. The molecule has 3 nitrogen and oxygen atoms in total. The van der Waals surface area contributed by atoms with Crippen molar-refractivity contribution in [3.63, 3.8) is 0 Å². The number of phenolic OH excluding ortho intramolecular Hbond substituents is 1. The Bertz CT molecular complexity index is 923. The highest BCUT2D eigenvalue weighted by atomic mass is 16.5. The maximum Gasteiger partial charge on any atom is 0.151 e. The van der Waals surface area contributed by atoms with Crippen molar-refractivity contribution < 1.29 is 14.6 Å². The van der Waals surface area contributed by atoms with Crippen molar-refractivity contribution in [3.8, 4) is 17.2 Å². The van der Waals surface area contributed by atoms with Crippen molar-refractivity contribution in [1.82, 2.24) is 0 Å². The summed E-state index contributed by atoms with van der Waals surface area (Å²) in [7, 11) is 0. The summed E-state index contributed by atoms with van der Waals surface area (Å²) in [5, 5.41) is 9.90. The van der Waals surface area contributed by atoms with E-state index in [1.165, 1.54) is 5.56 Å². The normalized spacial score (nSPS) is 20.2. The highest BCUT2D eigenvalue weighted by Crippen LogP contribution is 2.56. The lowest BCUT2D eigenvalue weighted by molar-refractivity contribution is 0.0199. The van der Waals surface area contributed by atoms with Crippen LogP contribution in [-0.4, -0.2) is 5.11 Å². The van der Waals surface area contributed by atoms with E-state index in [0.717, 1.165) is 28.0 Å². The third-order valence-electron chi connectivity index (χ3n) is 4.92. The zero-order chi connectivity index (χ0) is 16.3. The first-order valence-corrected chi connectivity index (χ1v) is 8.03. The molecule has 0 bridgehead atoms. The zero-order valence-corrected chi connectivity index (χ0v) is 13.2. The van der Waals surface area contributed by atoms with Gasteiger partial charge in [-0.2, -0.15) is 0 Å². The second-order valence-corrected chi connectivity index (χ2v) is 6.41. The van der Waals surface area contributed by atoms with Crippen LogP contribution < -0.4 is 4.74 Å². The Morgan fingerprint density at radius 3 is 2.50 bits per heavy atom. The SMILES string of the molecule is Cc1ccc2c(c1)Oc1cc(O)ccc1[C@]21OCc2ccccc21. The summed E-state index contributed by atoms with van der Waals surface area (Å²) in [4.78, 5) is 0. The van der Waals surface area contributed by atoms with Gasteiger partial charge >= 0.3 is 0 Å². The molecule has 0 fully saturated rings. The van der Waals surface area contributed by atoms with E-state index in [1.54, 1.807) is 12.1 Å². The molecule has 1 N–H and O–H groups in total. The number of benzene rings is 3. The standard InChI is InChI=1S/C21H16O3/c1-13-6-8-17-19(10-13)24-20-11-15(22)7-9-18(20)21(17)16-5-3-2-4-14(16)12-23-21/h2-11,22H,12H2,1H3/t21-/m1/s1. The molecule has 0 aliphatic carbocycles. The molecule has 3 aromatic rings. The van der Waals surface area contributed by atoms with Crippen LogP contribution >= 0.6 is 0 Å². The summed E-state index contributed by atoms with van der Waals surface area (Å²) < 4.78 is 12.5. The lowest BCUT2D eigenvalue weighted by atomic mass is 9.77. The van der Waals surface area contributed by atoms with Gasteiger partial charge in [0.2, 0.25) is 0 Å². The third kappa shape index (κ3) is 1.65. The van der Waals surface area contributed by atoms with E-state index in [9.17, 15) is 5.11 Å². The number of aryl methyl sites for hydroxylation is 1. The van der Waals surface area contributed by atoms with Crippen LogP contribution in [0.4, 0.5) is 0 Å². The molecule has 0 aromatic heterocycles. The van der Waals surface area contributed by atoms with Crippen LogP contribution in [0.5, 0.6) is 17.2 Å². The molecule has 2 aliphatic heterocycles. The largest absolute Gasteiger partial charge is 0.508 e. The first-order chi connectivity index (χ1) is 11.7. The topological polar surface area (TPSA) is 38.7 Å². The number of rotatable bonds is 0. The van der Waals surface area contributed by atoms with Crippen molar-refractivity contribution in [3.05, 3.63) is 88.5 Å². The van der Waals surface area contributed by atoms with Crippen molar-refractivity contribution in [2.45, 2.75) is 19.1 Å². The Balaban J connectivity index is 1.88. The molecule has 2 heterocycles. The summed E-state index contributed by atoms with van der Waals surface area (Å²) in [6.07, 6.45) is 0. The molecule has 0 amide bonds. The number of fused-ring (bicyclic) bond motifs is 6. The van der Waals surface area contributed by atoms with Crippen LogP contribution in [0, 0.1) is 6.92 Å². The van der Waals surface area contributed by atoms with Crippen LogP contribution in [0.1, 0.15) is 27.8 Å². The molecule has 0 radical (unpaired) electrons. The fraction of sp³-hybridized carbons (Fsp3) is 0.143. The maximum atomic E-state index is 9.90. The summed E-state index contributed by atoms with van der Waals surface area (Å²) >= 11 is 0. The molecule has 0 saturated carbocycles. The minimum absolute atomic E-state index is 0.186. The van der Waals surface area contributed by atoms with Gasteiger partial charge in [0.05, 0.1) is 6.61 Å². The summed E-state index contributed by atoms with van der Waals surface area (Å²) in [5.41, 5.74) is 4.72. The lowest BCUT2D eigenvalue weighted by Gasteiger charge is -2.37. The number of phenols is 1. The van der Waals surface area contributed by atoms with E-state index in [1.807, 2.05) is 31.2 Å². The smallest absolute Gasteiger partial charge is 0.151 e. The van der Waals surface area contributed by atoms with E-state index in [-0.39, 0.29) is 5.75 Å². The number of ether oxygens (including phenoxy) is 2. The van der Waals surface area contributed by atoms with E-state index >= 15 is 0 Å². The van der Waals surface area contributed by atoms with Gasteiger partial charge in [-0.1, -0.05) is 36.4 Å².